The molecule has 2 amide bonds. The van der Waals surface area contributed by atoms with Crippen molar-refractivity contribution in [2.45, 2.75) is 6.42 Å². The third-order valence-electron chi connectivity index (χ3n) is 4.37. The molecule has 2 heterocycles. The van der Waals surface area contributed by atoms with E-state index in [1.165, 1.54) is 6.20 Å². The predicted molar refractivity (Wildman–Crippen MR) is 118 cm³/mol. The number of para-hydroxylation sites is 1. The molecule has 0 spiro atoms. The Labute approximate surface area is 183 Å². The predicted octanol–water partition coefficient (Wildman–Crippen LogP) is 4.82. The molecule has 0 unspecified atom stereocenters. The van der Waals surface area contributed by atoms with Crippen molar-refractivity contribution in [3.8, 4) is 11.3 Å². The lowest BCUT2D eigenvalue weighted by Gasteiger charge is -2.10. The van der Waals surface area contributed by atoms with Crippen LogP contribution in [-0.4, -0.2) is 22.0 Å². The van der Waals surface area contributed by atoms with Gasteiger partial charge in [0.15, 0.2) is 5.76 Å². The second-order valence-corrected chi connectivity index (χ2v) is 7.07. The maximum absolute atomic E-state index is 12.7. The van der Waals surface area contributed by atoms with Gasteiger partial charge in [0.25, 0.3) is 5.91 Å². The Morgan fingerprint density at radius 3 is 2.48 bits per heavy atom. The Bertz CT molecular complexity index is 1210. The lowest BCUT2D eigenvalue weighted by Crippen LogP contribution is -2.19. The third kappa shape index (κ3) is 5.15. The number of benzene rings is 2. The second-order valence-electron chi connectivity index (χ2n) is 6.63. The molecule has 154 valence electrons. The first-order valence-corrected chi connectivity index (χ1v) is 9.79. The van der Waals surface area contributed by atoms with Crippen LogP contribution in [0.3, 0.4) is 0 Å². The lowest BCUT2D eigenvalue weighted by atomic mass is 10.1. The van der Waals surface area contributed by atoms with Crippen molar-refractivity contribution < 1.29 is 14.1 Å². The van der Waals surface area contributed by atoms with Gasteiger partial charge in [-0.2, -0.15) is 0 Å². The summed E-state index contributed by atoms with van der Waals surface area (Å²) in [6, 6.07) is 21.1. The molecule has 2 N–H and O–H groups in total. The van der Waals surface area contributed by atoms with Crippen molar-refractivity contribution in [1.29, 1.82) is 0 Å². The smallest absolute Gasteiger partial charge is 0.258 e. The van der Waals surface area contributed by atoms with E-state index in [1.807, 2.05) is 30.3 Å². The first-order valence-electron chi connectivity index (χ1n) is 9.41. The molecule has 0 atom stereocenters. The van der Waals surface area contributed by atoms with Gasteiger partial charge in [0.1, 0.15) is 5.82 Å². The van der Waals surface area contributed by atoms with E-state index >= 15 is 0 Å². The SMILES string of the molecule is O=C(Cc1cc(-c2ccccc2)on1)Nc1ccccc1C(=O)Nc1ccc(Cl)cn1. The summed E-state index contributed by atoms with van der Waals surface area (Å²) in [5.74, 6) is 0.210. The van der Waals surface area contributed by atoms with Gasteiger partial charge in [0, 0.05) is 17.8 Å². The van der Waals surface area contributed by atoms with Crippen molar-refractivity contribution in [3.05, 3.63) is 95.3 Å². The summed E-state index contributed by atoms with van der Waals surface area (Å²) < 4.78 is 5.33. The zero-order valence-corrected chi connectivity index (χ0v) is 17.0. The summed E-state index contributed by atoms with van der Waals surface area (Å²) in [7, 11) is 0. The summed E-state index contributed by atoms with van der Waals surface area (Å²) in [6.45, 7) is 0. The highest BCUT2D eigenvalue weighted by Gasteiger charge is 2.16. The average Bonchev–Trinajstić information content (AvgIpc) is 3.24. The van der Waals surface area contributed by atoms with E-state index in [4.69, 9.17) is 16.1 Å². The Kier molecular flexibility index (Phi) is 6.05. The van der Waals surface area contributed by atoms with E-state index < -0.39 is 5.91 Å². The first kappa shape index (κ1) is 20.3. The van der Waals surface area contributed by atoms with Crippen molar-refractivity contribution >= 4 is 34.9 Å². The topological polar surface area (TPSA) is 97.1 Å². The van der Waals surface area contributed by atoms with Crippen LogP contribution in [0.2, 0.25) is 5.02 Å². The van der Waals surface area contributed by atoms with Gasteiger partial charge in [-0.1, -0.05) is 59.2 Å². The van der Waals surface area contributed by atoms with Crippen LogP contribution < -0.4 is 10.6 Å². The van der Waals surface area contributed by atoms with Gasteiger partial charge in [-0.15, -0.1) is 0 Å². The molecular weight excluding hydrogens is 416 g/mol. The minimum absolute atomic E-state index is 0.00499. The van der Waals surface area contributed by atoms with E-state index in [2.05, 4.69) is 20.8 Å². The Hall–Kier alpha value is -3.97. The van der Waals surface area contributed by atoms with Gasteiger partial charge < -0.3 is 15.2 Å². The van der Waals surface area contributed by atoms with Gasteiger partial charge in [-0.05, 0) is 24.3 Å². The minimum atomic E-state index is -0.404. The normalized spacial score (nSPS) is 10.5. The quantitative estimate of drug-likeness (QED) is 0.455. The number of aromatic nitrogens is 2. The molecule has 4 aromatic rings. The van der Waals surface area contributed by atoms with Crippen LogP contribution in [0.25, 0.3) is 11.3 Å². The molecule has 8 heteroatoms. The fourth-order valence-electron chi connectivity index (χ4n) is 2.92. The Morgan fingerprint density at radius 1 is 0.935 bits per heavy atom. The Balaban J connectivity index is 1.43. The van der Waals surface area contributed by atoms with Crippen LogP contribution in [0.1, 0.15) is 16.1 Å². The summed E-state index contributed by atoms with van der Waals surface area (Å²) in [4.78, 5) is 29.3. The number of halogens is 1. The highest BCUT2D eigenvalue weighted by Crippen LogP contribution is 2.21. The number of nitrogens with zero attached hydrogens (tertiary/aromatic N) is 2. The van der Waals surface area contributed by atoms with E-state index in [0.29, 0.717) is 33.5 Å². The standard InChI is InChI=1S/C23H17ClN4O3/c24-16-10-11-21(25-14-16)27-23(30)18-8-4-5-9-19(18)26-22(29)13-17-12-20(31-28-17)15-6-2-1-3-7-15/h1-12,14H,13H2,(H,26,29)(H,25,27,30). The minimum Gasteiger partial charge on any atom is -0.356 e. The fourth-order valence-corrected chi connectivity index (χ4v) is 3.03. The second kappa shape index (κ2) is 9.23. The molecule has 31 heavy (non-hydrogen) atoms. The molecule has 0 bridgehead atoms. The van der Waals surface area contributed by atoms with Crippen molar-refractivity contribution in [1.82, 2.24) is 10.1 Å². The fraction of sp³-hybridized carbons (Fsp3) is 0.0435. The summed E-state index contributed by atoms with van der Waals surface area (Å²) in [5.41, 5.74) is 2.05. The van der Waals surface area contributed by atoms with Crippen LogP contribution >= 0.6 is 11.6 Å². The maximum atomic E-state index is 12.7. The number of rotatable bonds is 6. The molecule has 0 aliphatic rings. The zero-order valence-electron chi connectivity index (χ0n) is 16.2. The molecule has 7 nitrogen and oxygen atoms in total. The largest absolute Gasteiger partial charge is 0.356 e. The number of pyridine rings is 1. The average molecular weight is 433 g/mol. The molecule has 0 saturated carbocycles. The number of hydrogen-bond acceptors (Lipinski definition) is 5. The highest BCUT2D eigenvalue weighted by atomic mass is 35.5. The molecule has 0 aliphatic carbocycles. The molecular formula is C23H17ClN4O3. The zero-order chi connectivity index (χ0) is 21.6. The molecule has 0 aliphatic heterocycles. The molecule has 0 saturated heterocycles. The first-order chi connectivity index (χ1) is 15.1. The number of anilines is 2. The van der Waals surface area contributed by atoms with Crippen LogP contribution in [0, 0.1) is 0 Å². The van der Waals surface area contributed by atoms with E-state index in [-0.39, 0.29) is 12.3 Å². The summed E-state index contributed by atoms with van der Waals surface area (Å²) in [6.07, 6.45) is 1.44. The molecule has 2 aromatic heterocycles. The van der Waals surface area contributed by atoms with Crippen molar-refractivity contribution in [2.24, 2.45) is 0 Å². The van der Waals surface area contributed by atoms with E-state index in [9.17, 15) is 9.59 Å². The summed E-state index contributed by atoms with van der Waals surface area (Å²) in [5, 5.41) is 9.87. The van der Waals surface area contributed by atoms with Gasteiger partial charge in [0.05, 0.1) is 28.4 Å². The van der Waals surface area contributed by atoms with E-state index in [0.717, 1.165) is 5.56 Å². The molecule has 0 fully saturated rings. The number of hydrogen-bond donors (Lipinski definition) is 2. The van der Waals surface area contributed by atoms with Gasteiger partial charge in [0.2, 0.25) is 5.91 Å². The summed E-state index contributed by atoms with van der Waals surface area (Å²) >= 11 is 5.82. The maximum Gasteiger partial charge on any atom is 0.258 e. The van der Waals surface area contributed by atoms with Gasteiger partial charge in [-0.25, -0.2) is 4.98 Å². The molecule has 4 rings (SSSR count). The van der Waals surface area contributed by atoms with Crippen molar-refractivity contribution in [2.75, 3.05) is 10.6 Å². The third-order valence-corrected chi connectivity index (χ3v) is 4.60. The van der Waals surface area contributed by atoms with Crippen LogP contribution in [0.15, 0.2) is 83.5 Å². The number of amides is 2. The number of carbonyl (C=O) groups is 2. The highest BCUT2D eigenvalue weighted by molar-refractivity contribution is 6.30. The number of nitrogens with one attached hydrogen (secondary N) is 2. The van der Waals surface area contributed by atoms with Crippen LogP contribution in [0.5, 0.6) is 0 Å². The van der Waals surface area contributed by atoms with Gasteiger partial charge >= 0.3 is 0 Å². The monoisotopic (exact) mass is 432 g/mol. The molecule has 2 aromatic carbocycles. The molecule has 0 radical (unpaired) electrons. The Morgan fingerprint density at radius 2 is 1.71 bits per heavy atom. The lowest BCUT2D eigenvalue weighted by molar-refractivity contribution is -0.115. The van der Waals surface area contributed by atoms with Crippen LogP contribution in [-0.2, 0) is 11.2 Å². The van der Waals surface area contributed by atoms with Crippen molar-refractivity contribution in [3.63, 3.8) is 0 Å². The van der Waals surface area contributed by atoms with Gasteiger partial charge in [-0.3, -0.25) is 9.59 Å². The van der Waals surface area contributed by atoms with E-state index in [1.54, 1.807) is 42.5 Å². The van der Waals surface area contributed by atoms with Crippen LogP contribution in [0.4, 0.5) is 11.5 Å². The number of carbonyl (C=O) groups excluding carboxylic acids is 2.